The van der Waals surface area contributed by atoms with E-state index in [0.717, 1.165) is 69.9 Å². The van der Waals surface area contributed by atoms with Gasteiger partial charge in [-0.25, -0.2) is 28.0 Å². The number of benzene rings is 3. The molecule has 18 heteroatoms. The van der Waals surface area contributed by atoms with Gasteiger partial charge in [-0.2, -0.15) is 5.26 Å². The van der Waals surface area contributed by atoms with Crippen molar-refractivity contribution in [2.75, 3.05) is 39.3 Å². The Morgan fingerprint density at radius 2 is 1.50 bits per heavy atom. The summed E-state index contributed by atoms with van der Waals surface area (Å²) in [5.41, 5.74) is 5.42. The third kappa shape index (κ3) is 11.0. The van der Waals surface area contributed by atoms with Gasteiger partial charge in [0.15, 0.2) is 0 Å². The van der Waals surface area contributed by atoms with E-state index in [9.17, 15) is 32.9 Å². The number of H-pyrrole nitrogens is 2. The maximum absolute atomic E-state index is 14.0. The number of hydrogen-bond acceptors (Lipinski definition) is 11. The summed E-state index contributed by atoms with van der Waals surface area (Å²) in [6.07, 6.45) is 6.25. The number of nitriles is 1. The average Bonchev–Trinajstić information content (AvgIpc) is 3.61. The molecule has 17 nitrogen and oxygen atoms in total. The van der Waals surface area contributed by atoms with Crippen LogP contribution < -0.4 is 10.6 Å². The molecule has 5 aromatic rings. The van der Waals surface area contributed by atoms with Crippen LogP contribution in [-0.2, 0) is 35.4 Å². The zero-order valence-corrected chi connectivity index (χ0v) is 38.9. The molecule has 4 atom stereocenters. The van der Waals surface area contributed by atoms with Crippen LogP contribution in [0.3, 0.4) is 0 Å². The van der Waals surface area contributed by atoms with Gasteiger partial charge >= 0.3 is 12.2 Å². The Balaban J connectivity index is 1.04. The predicted molar refractivity (Wildman–Crippen MR) is 248 cm³/mol. The van der Waals surface area contributed by atoms with E-state index >= 15 is 0 Å². The third-order valence-electron chi connectivity index (χ3n) is 12.7. The quantitative estimate of drug-likeness (QED) is 0.0761. The summed E-state index contributed by atoms with van der Waals surface area (Å²) >= 11 is 0. The molecule has 1 spiro atoms. The molecule has 1 aliphatic heterocycles. The van der Waals surface area contributed by atoms with Crippen LogP contribution in [0.1, 0.15) is 70.6 Å². The average molecular weight is 920 g/mol. The highest BCUT2D eigenvalue weighted by Crippen LogP contribution is 2.58. The fraction of sp³-hybridized carbons (Fsp3) is 0.438. The molecule has 1 saturated heterocycles. The molecule has 0 bridgehead atoms. The number of aromatic nitrogens is 4. The second-order valence-electron chi connectivity index (χ2n) is 17.9. The minimum atomic E-state index is -3.39. The van der Waals surface area contributed by atoms with Crippen LogP contribution in [0, 0.1) is 28.6 Å². The minimum Gasteiger partial charge on any atom is -0.453 e. The lowest BCUT2D eigenvalue weighted by atomic mass is 9.98. The van der Waals surface area contributed by atoms with Crippen molar-refractivity contribution in [1.82, 2.24) is 40.4 Å². The molecule has 348 valence electrons. The van der Waals surface area contributed by atoms with Crippen molar-refractivity contribution < 1.29 is 37.1 Å². The minimum absolute atomic E-state index is 0.0138. The van der Waals surface area contributed by atoms with Crippen LogP contribution in [-0.4, -0.2) is 114 Å². The topological polar surface area (TPSA) is 233 Å². The summed E-state index contributed by atoms with van der Waals surface area (Å²) in [4.78, 5) is 71.4. The van der Waals surface area contributed by atoms with Gasteiger partial charge in [0.05, 0.1) is 68.3 Å². The number of imidazole rings is 2. The van der Waals surface area contributed by atoms with Gasteiger partial charge in [-0.05, 0) is 83.0 Å². The number of sulfone groups is 1. The first-order chi connectivity index (χ1) is 31.5. The van der Waals surface area contributed by atoms with Crippen LogP contribution in [0.5, 0.6) is 0 Å². The van der Waals surface area contributed by atoms with Crippen molar-refractivity contribution in [3.63, 3.8) is 0 Å². The molecule has 4 N–H and O–H groups in total. The molecule has 2 aliphatic rings. The number of likely N-dealkylation sites (tertiary alicyclic amines) is 1. The Labute approximate surface area is 384 Å². The van der Waals surface area contributed by atoms with Crippen molar-refractivity contribution in [3.05, 3.63) is 84.7 Å². The van der Waals surface area contributed by atoms with Gasteiger partial charge in [0.1, 0.15) is 33.6 Å². The smallest absolute Gasteiger partial charge is 0.407 e. The lowest BCUT2D eigenvalue weighted by Crippen LogP contribution is -2.52. The maximum Gasteiger partial charge on any atom is 0.407 e. The lowest BCUT2D eigenvalue weighted by molar-refractivity contribution is -0.136. The molecule has 1 saturated carbocycles. The first-order valence-corrected chi connectivity index (χ1v) is 24.2. The first kappa shape index (κ1) is 47.2. The number of fused-ring (bicyclic) bond motifs is 1. The normalized spacial score (nSPS) is 16.6. The standard InChI is InChI=1S/C48H57N9O8S/c1-7-30(23-49)26-56(45(59)42(29(2)3)55-47(61)65-5)27-41-50-24-39(52-41)36-15-14-34-20-33(12-13-35(34)21-36)31-8-10-32(11-9-31)38-25-51-43(53-38)40-22-48(17-18-48)28-57(40)44(58)37(54-46(60)64-4)16-19-66(6,62)63/h8-15,20-21,24-25,29-30,37,40,42H,7,16-19,22,26-28H2,1-6H3,(H,50,52)(H,51,53)(H,54,60)(H,55,61)/t30-,37+,40+,42+/m0/s1. The molecule has 3 heterocycles. The number of hydrogen-bond donors (Lipinski definition) is 4. The second-order valence-corrected chi connectivity index (χ2v) is 20.1. The molecular weight excluding hydrogens is 863 g/mol. The van der Waals surface area contributed by atoms with Crippen LogP contribution in [0.15, 0.2) is 73.1 Å². The molecule has 0 radical (unpaired) electrons. The van der Waals surface area contributed by atoms with E-state index in [1.807, 2.05) is 39.0 Å². The Morgan fingerprint density at radius 3 is 2.12 bits per heavy atom. The largest absolute Gasteiger partial charge is 0.453 e. The summed E-state index contributed by atoms with van der Waals surface area (Å²) in [5, 5.41) is 17.0. The molecule has 2 fully saturated rings. The van der Waals surface area contributed by atoms with Crippen molar-refractivity contribution >= 4 is 44.6 Å². The number of alkyl carbamates (subject to hydrolysis) is 2. The van der Waals surface area contributed by atoms with E-state index in [0.29, 0.717) is 24.6 Å². The molecule has 3 aromatic carbocycles. The second kappa shape index (κ2) is 19.8. The van der Waals surface area contributed by atoms with Crippen molar-refractivity contribution in [1.29, 1.82) is 5.26 Å². The van der Waals surface area contributed by atoms with Gasteiger partial charge in [0.25, 0.3) is 0 Å². The fourth-order valence-corrected chi connectivity index (χ4v) is 9.24. The summed E-state index contributed by atoms with van der Waals surface area (Å²) in [5.74, 6) is -0.388. The number of aromatic amines is 2. The number of nitrogens with zero attached hydrogens (tertiary/aromatic N) is 5. The van der Waals surface area contributed by atoms with E-state index in [1.54, 1.807) is 22.2 Å². The van der Waals surface area contributed by atoms with Crippen LogP contribution in [0.2, 0.25) is 0 Å². The Morgan fingerprint density at radius 1 is 0.894 bits per heavy atom. The van der Waals surface area contributed by atoms with Gasteiger partial charge in [-0.3, -0.25) is 9.59 Å². The lowest BCUT2D eigenvalue weighted by Gasteiger charge is -2.30. The highest BCUT2D eigenvalue weighted by molar-refractivity contribution is 7.90. The number of rotatable bonds is 17. The van der Waals surface area contributed by atoms with Crippen LogP contribution >= 0.6 is 0 Å². The van der Waals surface area contributed by atoms with E-state index < -0.39 is 40.0 Å². The van der Waals surface area contributed by atoms with Gasteiger partial charge in [0, 0.05) is 24.9 Å². The third-order valence-corrected chi connectivity index (χ3v) is 13.7. The van der Waals surface area contributed by atoms with Gasteiger partial charge < -0.3 is 39.9 Å². The SMILES string of the molecule is CC[C@@H](C#N)CN(Cc1ncc(-c2ccc3cc(-c4ccc(-c5cnc([C@H]6CC7(CC7)CN6C(=O)[C@@H](CCS(C)(=O)=O)NC(=O)OC)[nH]5)cc4)ccc3c2)[nH]1)C(=O)[C@H](NC(=O)OC)C(C)C. The zero-order chi connectivity index (χ0) is 47.3. The molecule has 4 amide bonds. The predicted octanol–water partition coefficient (Wildman–Crippen LogP) is 6.76. The molecule has 1 aliphatic carbocycles. The molecule has 7 rings (SSSR count). The highest BCUT2D eigenvalue weighted by atomic mass is 32.2. The summed E-state index contributed by atoms with van der Waals surface area (Å²) < 4.78 is 33.5. The number of methoxy groups -OCH3 is 2. The number of carbonyl (C=O) groups is 4. The van der Waals surface area contributed by atoms with Crippen LogP contribution in [0.25, 0.3) is 44.4 Å². The van der Waals surface area contributed by atoms with Crippen LogP contribution in [0.4, 0.5) is 9.59 Å². The first-order valence-electron chi connectivity index (χ1n) is 22.1. The fourth-order valence-electron chi connectivity index (χ4n) is 8.58. The number of nitrogens with one attached hydrogen (secondary N) is 4. The van der Waals surface area contributed by atoms with Crippen molar-refractivity contribution in [2.45, 2.75) is 77.5 Å². The highest BCUT2D eigenvalue weighted by Gasteiger charge is 2.55. The van der Waals surface area contributed by atoms with Gasteiger partial charge in [-0.1, -0.05) is 69.3 Å². The van der Waals surface area contributed by atoms with Gasteiger partial charge in [-0.15, -0.1) is 0 Å². The summed E-state index contributed by atoms with van der Waals surface area (Å²) in [6, 6.07) is 20.6. The van der Waals surface area contributed by atoms with E-state index in [-0.39, 0.29) is 54.5 Å². The summed E-state index contributed by atoms with van der Waals surface area (Å²) in [6.45, 7) is 6.37. The number of amides is 4. The maximum atomic E-state index is 14.0. The van der Waals surface area contributed by atoms with Crippen molar-refractivity contribution in [2.24, 2.45) is 17.3 Å². The van der Waals surface area contributed by atoms with Gasteiger partial charge in [0.2, 0.25) is 11.8 Å². The number of ether oxygens (including phenoxy) is 2. The molecule has 0 unspecified atom stereocenters. The monoisotopic (exact) mass is 919 g/mol. The van der Waals surface area contributed by atoms with E-state index in [1.165, 1.54) is 14.2 Å². The molecule has 66 heavy (non-hydrogen) atoms. The molecule has 2 aromatic heterocycles. The zero-order valence-electron chi connectivity index (χ0n) is 38.1. The molecular formula is C48H57N9O8S. The Kier molecular flexibility index (Phi) is 14.2. The van der Waals surface area contributed by atoms with E-state index in [4.69, 9.17) is 14.5 Å². The summed E-state index contributed by atoms with van der Waals surface area (Å²) in [7, 11) is -0.943. The van der Waals surface area contributed by atoms with E-state index in [2.05, 4.69) is 74.1 Å². The Hall–Kier alpha value is -6.74. The number of carbonyl (C=O) groups excluding carboxylic acids is 4. The van der Waals surface area contributed by atoms with Crippen molar-refractivity contribution in [3.8, 4) is 39.7 Å². The Bertz CT molecular complexity index is 2740.